The van der Waals surface area contributed by atoms with Gasteiger partial charge in [0.1, 0.15) is 6.29 Å². The Bertz CT molecular complexity index is 269. The topological polar surface area (TPSA) is 54.4 Å². The highest BCUT2D eigenvalue weighted by Gasteiger charge is 1.97. The number of unbranched alkanes of at least 4 members (excludes halogenated alkanes) is 10. The molecule has 0 aromatic heterocycles. The van der Waals surface area contributed by atoms with Gasteiger partial charge in [-0.1, -0.05) is 51.0 Å². The van der Waals surface area contributed by atoms with Crippen LogP contribution in [0.2, 0.25) is 0 Å². The lowest BCUT2D eigenvalue weighted by Gasteiger charge is -2.01. The zero-order chi connectivity index (χ0) is 14.3. The number of aldehydes is 1. The van der Waals surface area contributed by atoms with Crippen molar-refractivity contribution in [3.63, 3.8) is 0 Å². The Kier molecular flexibility index (Phi) is 12.5. The molecule has 0 atom stereocenters. The molecule has 0 heterocycles. The van der Waals surface area contributed by atoms with Gasteiger partial charge >= 0.3 is 5.97 Å². The number of carbonyl (C=O) groups is 2. The van der Waals surface area contributed by atoms with Gasteiger partial charge in [-0.2, -0.15) is 0 Å². The number of rotatable bonds is 13. The SMILES string of the molecule is CC(=CCCCCCCCCCCCC=O)C(=O)O. The first-order valence-corrected chi connectivity index (χ1v) is 7.52. The minimum absolute atomic E-state index is 0.454. The van der Waals surface area contributed by atoms with Gasteiger partial charge in [0.2, 0.25) is 0 Å². The fourth-order valence-corrected chi connectivity index (χ4v) is 2.02. The van der Waals surface area contributed by atoms with Gasteiger partial charge in [0, 0.05) is 12.0 Å². The summed E-state index contributed by atoms with van der Waals surface area (Å²) in [6.07, 6.45) is 15.2. The van der Waals surface area contributed by atoms with Crippen LogP contribution in [0.4, 0.5) is 0 Å². The molecule has 0 aliphatic rings. The normalized spacial score (nSPS) is 11.5. The molecule has 0 saturated heterocycles. The van der Waals surface area contributed by atoms with Crippen molar-refractivity contribution in [2.75, 3.05) is 0 Å². The molecule has 0 saturated carbocycles. The van der Waals surface area contributed by atoms with E-state index in [1.165, 1.54) is 44.9 Å². The van der Waals surface area contributed by atoms with Crippen LogP contribution in [0.5, 0.6) is 0 Å². The van der Waals surface area contributed by atoms with Gasteiger partial charge in [-0.05, 0) is 26.2 Å². The van der Waals surface area contributed by atoms with Crippen LogP contribution in [-0.2, 0) is 9.59 Å². The summed E-state index contributed by atoms with van der Waals surface area (Å²) in [6.45, 7) is 1.65. The highest BCUT2D eigenvalue weighted by atomic mass is 16.4. The molecule has 19 heavy (non-hydrogen) atoms. The lowest BCUT2D eigenvalue weighted by molar-refractivity contribution is -0.132. The molecule has 3 heteroatoms. The number of aliphatic carboxylic acids is 1. The summed E-state index contributed by atoms with van der Waals surface area (Å²) in [5, 5.41) is 8.67. The van der Waals surface area contributed by atoms with Gasteiger partial charge in [0.25, 0.3) is 0 Å². The van der Waals surface area contributed by atoms with Crippen LogP contribution in [0.15, 0.2) is 11.6 Å². The summed E-state index contributed by atoms with van der Waals surface area (Å²) in [7, 11) is 0. The predicted molar refractivity (Wildman–Crippen MR) is 78.2 cm³/mol. The fraction of sp³-hybridized carbons (Fsp3) is 0.750. The van der Waals surface area contributed by atoms with Crippen LogP contribution in [-0.4, -0.2) is 17.4 Å². The smallest absolute Gasteiger partial charge is 0.330 e. The molecular formula is C16H28O3. The summed E-state index contributed by atoms with van der Waals surface area (Å²) in [5.41, 5.74) is 0.454. The minimum atomic E-state index is -0.811. The number of allylic oxidation sites excluding steroid dienone is 1. The molecule has 0 aromatic rings. The van der Waals surface area contributed by atoms with Gasteiger partial charge < -0.3 is 9.90 Å². The molecular weight excluding hydrogens is 240 g/mol. The van der Waals surface area contributed by atoms with E-state index in [1.54, 1.807) is 6.92 Å². The first-order valence-electron chi connectivity index (χ1n) is 7.52. The number of hydrogen-bond acceptors (Lipinski definition) is 2. The first kappa shape index (κ1) is 17.9. The number of carbonyl (C=O) groups excluding carboxylic acids is 1. The maximum Gasteiger partial charge on any atom is 0.330 e. The summed E-state index contributed by atoms with van der Waals surface area (Å²) in [5.74, 6) is -0.811. The largest absolute Gasteiger partial charge is 0.478 e. The Morgan fingerprint density at radius 3 is 1.68 bits per heavy atom. The van der Waals surface area contributed by atoms with E-state index in [2.05, 4.69) is 0 Å². The van der Waals surface area contributed by atoms with Crippen molar-refractivity contribution in [1.29, 1.82) is 0 Å². The van der Waals surface area contributed by atoms with Crippen molar-refractivity contribution in [1.82, 2.24) is 0 Å². The van der Waals surface area contributed by atoms with Gasteiger partial charge in [0.05, 0.1) is 0 Å². The third-order valence-electron chi connectivity index (χ3n) is 3.31. The van der Waals surface area contributed by atoms with E-state index in [1.807, 2.05) is 6.08 Å². The van der Waals surface area contributed by atoms with E-state index in [0.717, 1.165) is 25.5 Å². The summed E-state index contributed by atoms with van der Waals surface area (Å²) < 4.78 is 0. The van der Waals surface area contributed by atoms with Crippen LogP contribution >= 0.6 is 0 Å². The zero-order valence-electron chi connectivity index (χ0n) is 12.2. The quantitative estimate of drug-likeness (QED) is 0.304. The lowest BCUT2D eigenvalue weighted by Crippen LogP contribution is -1.95. The monoisotopic (exact) mass is 268 g/mol. The molecule has 0 rings (SSSR count). The second-order valence-corrected chi connectivity index (χ2v) is 5.12. The molecule has 0 aromatic carbocycles. The Labute approximate surface area is 117 Å². The Balaban J connectivity index is 3.17. The third kappa shape index (κ3) is 13.1. The van der Waals surface area contributed by atoms with Crippen molar-refractivity contribution in [3.8, 4) is 0 Å². The summed E-state index contributed by atoms with van der Waals surface area (Å²) in [4.78, 5) is 20.7. The highest BCUT2D eigenvalue weighted by Crippen LogP contribution is 2.11. The molecule has 0 radical (unpaired) electrons. The van der Waals surface area contributed by atoms with E-state index in [-0.39, 0.29) is 0 Å². The molecule has 1 N–H and O–H groups in total. The molecule has 0 spiro atoms. The van der Waals surface area contributed by atoms with Crippen molar-refractivity contribution >= 4 is 12.3 Å². The Hall–Kier alpha value is -1.12. The van der Waals surface area contributed by atoms with Crippen LogP contribution in [0.25, 0.3) is 0 Å². The second-order valence-electron chi connectivity index (χ2n) is 5.12. The standard InChI is InChI=1S/C16H28O3/c1-15(16(18)19)13-11-9-7-5-3-2-4-6-8-10-12-14-17/h13-14H,2-12H2,1H3,(H,18,19). The molecule has 0 aliphatic heterocycles. The van der Waals surface area contributed by atoms with Crippen molar-refractivity contribution in [2.45, 2.75) is 77.6 Å². The molecule has 0 bridgehead atoms. The molecule has 0 fully saturated rings. The van der Waals surface area contributed by atoms with Crippen LogP contribution < -0.4 is 0 Å². The van der Waals surface area contributed by atoms with Gasteiger partial charge in [-0.3, -0.25) is 0 Å². The van der Waals surface area contributed by atoms with Crippen molar-refractivity contribution in [2.24, 2.45) is 0 Å². The van der Waals surface area contributed by atoms with E-state index in [0.29, 0.717) is 12.0 Å². The number of carboxylic acid groups (broad SMARTS) is 1. The average molecular weight is 268 g/mol. The second kappa shape index (κ2) is 13.3. The van der Waals surface area contributed by atoms with Crippen LogP contribution in [0, 0.1) is 0 Å². The number of carboxylic acids is 1. The van der Waals surface area contributed by atoms with Gasteiger partial charge in [-0.15, -0.1) is 0 Å². The van der Waals surface area contributed by atoms with E-state index < -0.39 is 5.97 Å². The highest BCUT2D eigenvalue weighted by molar-refractivity contribution is 5.85. The molecule has 110 valence electrons. The predicted octanol–water partition coefficient (Wildman–Crippen LogP) is 4.51. The first-order chi connectivity index (χ1) is 9.18. The van der Waals surface area contributed by atoms with E-state index >= 15 is 0 Å². The summed E-state index contributed by atoms with van der Waals surface area (Å²) in [6, 6.07) is 0. The van der Waals surface area contributed by atoms with Crippen LogP contribution in [0.3, 0.4) is 0 Å². The maximum atomic E-state index is 10.5. The van der Waals surface area contributed by atoms with Crippen molar-refractivity contribution in [3.05, 3.63) is 11.6 Å². The Morgan fingerprint density at radius 1 is 0.842 bits per heavy atom. The molecule has 0 aliphatic carbocycles. The fourth-order valence-electron chi connectivity index (χ4n) is 2.02. The zero-order valence-corrected chi connectivity index (χ0v) is 12.2. The lowest BCUT2D eigenvalue weighted by atomic mass is 10.1. The van der Waals surface area contributed by atoms with Gasteiger partial charge in [-0.25, -0.2) is 4.79 Å². The molecule has 0 unspecified atom stereocenters. The van der Waals surface area contributed by atoms with Crippen LogP contribution in [0.1, 0.15) is 77.6 Å². The Morgan fingerprint density at radius 2 is 1.26 bits per heavy atom. The minimum Gasteiger partial charge on any atom is -0.478 e. The number of hydrogen-bond donors (Lipinski definition) is 1. The molecule has 0 amide bonds. The molecule has 3 nitrogen and oxygen atoms in total. The third-order valence-corrected chi connectivity index (χ3v) is 3.31. The van der Waals surface area contributed by atoms with E-state index in [9.17, 15) is 9.59 Å². The van der Waals surface area contributed by atoms with Crippen molar-refractivity contribution < 1.29 is 14.7 Å². The van der Waals surface area contributed by atoms with Gasteiger partial charge in [0.15, 0.2) is 0 Å². The average Bonchev–Trinajstić information content (AvgIpc) is 2.39. The van der Waals surface area contributed by atoms with E-state index in [4.69, 9.17) is 5.11 Å². The summed E-state index contributed by atoms with van der Waals surface area (Å²) >= 11 is 0. The maximum absolute atomic E-state index is 10.5.